The molecule has 0 saturated carbocycles. The maximum Gasteiger partial charge on any atom is 0.236 e. The number of ether oxygens (including phenoxy) is 1. The smallest absolute Gasteiger partial charge is 0.236 e. The fraction of sp³-hybridized carbons (Fsp3) is 0.263. The van der Waals surface area contributed by atoms with E-state index in [1.807, 2.05) is 24.5 Å². The molecule has 2 heterocycles. The van der Waals surface area contributed by atoms with E-state index < -0.39 is 6.10 Å². The van der Waals surface area contributed by atoms with Gasteiger partial charge in [-0.3, -0.25) is 4.79 Å². The predicted molar refractivity (Wildman–Crippen MR) is 122 cm³/mol. The highest BCUT2D eigenvalue weighted by Crippen LogP contribution is 2.32. The summed E-state index contributed by atoms with van der Waals surface area (Å²) in [5.41, 5.74) is 0. The Labute approximate surface area is 196 Å². The normalized spacial score (nSPS) is 11.9. The molecule has 7 nitrogen and oxygen atoms in total. The van der Waals surface area contributed by atoms with Crippen molar-refractivity contribution in [3.8, 4) is 5.75 Å². The summed E-state index contributed by atoms with van der Waals surface area (Å²) in [6.07, 6.45) is 1.21. The number of pyridine rings is 1. The molecule has 0 aliphatic rings. The topological polar surface area (TPSA) is 81.9 Å². The molecule has 0 spiro atoms. The Morgan fingerprint density at radius 1 is 1.30 bits per heavy atom. The quantitative estimate of drug-likeness (QED) is 0.380. The van der Waals surface area contributed by atoms with E-state index in [0.717, 1.165) is 4.47 Å². The average Bonchev–Trinajstić information content (AvgIpc) is 3.14. The minimum absolute atomic E-state index is 0.172. The number of carbonyl (C=O) groups excluding carboxylic acids is 1. The van der Waals surface area contributed by atoms with Gasteiger partial charge in [-0.25, -0.2) is 4.98 Å². The first-order valence-corrected chi connectivity index (χ1v) is 11.5. The van der Waals surface area contributed by atoms with E-state index in [9.17, 15) is 4.79 Å². The number of anilines is 1. The second-order valence-electron chi connectivity index (χ2n) is 6.12. The van der Waals surface area contributed by atoms with Gasteiger partial charge in [0.2, 0.25) is 5.91 Å². The Bertz CT molecular complexity index is 1030. The van der Waals surface area contributed by atoms with Crippen molar-refractivity contribution in [1.29, 1.82) is 0 Å². The molecule has 1 unspecified atom stereocenters. The summed E-state index contributed by atoms with van der Waals surface area (Å²) in [4.78, 5) is 16.4. The molecule has 0 bridgehead atoms. The van der Waals surface area contributed by atoms with Gasteiger partial charge in [-0.2, -0.15) is 0 Å². The van der Waals surface area contributed by atoms with Crippen molar-refractivity contribution in [3.05, 3.63) is 56.9 Å². The van der Waals surface area contributed by atoms with Crippen LogP contribution in [0.1, 0.15) is 25.8 Å². The van der Waals surface area contributed by atoms with Crippen LogP contribution in [0.3, 0.4) is 0 Å². The zero-order valence-corrected chi connectivity index (χ0v) is 20.0. The lowest BCUT2D eigenvalue weighted by atomic mass is 10.3. The molecule has 1 N–H and O–H groups in total. The lowest BCUT2D eigenvalue weighted by Crippen LogP contribution is -2.16. The van der Waals surface area contributed by atoms with Crippen molar-refractivity contribution >= 4 is 62.6 Å². The van der Waals surface area contributed by atoms with E-state index >= 15 is 0 Å². The van der Waals surface area contributed by atoms with Gasteiger partial charge in [0, 0.05) is 28.3 Å². The number of hydrogen-bond donors (Lipinski definition) is 1. The summed E-state index contributed by atoms with van der Waals surface area (Å²) in [6, 6.07) is 8.56. The molecule has 158 valence electrons. The van der Waals surface area contributed by atoms with Gasteiger partial charge < -0.3 is 14.6 Å². The van der Waals surface area contributed by atoms with Gasteiger partial charge in [-0.1, -0.05) is 35.0 Å². The van der Waals surface area contributed by atoms with Crippen molar-refractivity contribution in [2.45, 2.75) is 31.7 Å². The largest absolute Gasteiger partial charge is 0.481 e. The lowest BCUT2D eigenvalue weighted by Gasteiger charge is -2.16. The maximum atomic E-state index is 12.2. The van der Waals surface area contributed by atoms with Crippen LogP contribution in [-0.4, -0.2) is 31.4 Å². The highest BCUT2D eigenvalue weighted by atomic mass is 79.9. The Morgan fingerprint density at radius 2 is 2.10 bits per heavy atom. The number of amides is 1. The number of benzene rings is 1. The summed E-state index contributed by atoms with van der Waals surface area (Å²) in [5, 5.41) is 12.8. The van der Waals surface area contributed by atoms with Crippen LogP contribution in [0.4, 0.5) is 5.82 Å². The van der Waals surface area contributed by atoms with E-state index in [-0.39, 0.29) is 11.7 Å². The fourth-order valence-electron chi connectivity index (χ4n) is 2.57. The molecule has 2 aromatic heterocycles. The molecule has 3 aromatic rings. The van der Waals surface area contributed by atoms with Crippen LogP contribution in [0.25, 0.3) is 0 Å². The zero-order valence-electron chi connectivity index (χ0n) is 16.1. The third kappa shape index (κ3) is 5.87. The zero-order chi connectivity index (χ0) is 21.7. The van der Waals surface area contributed by atoms with Gasteiger partial charge in [-0.15, -0.1) is 10.2 Å². The number of rotatable bonds is 8. The number of hydrogen-bond acceptors (Lipinski definition) is 6. The monoisotopic (exact) mass is 529 g/mol. The molecule has 1 amide bonds. The summed E-state index contributed by atoms with van der Waals surface area (Å²) in [7, 11) is 0. The lowest BCUT2D eigenvalue weighted by molar-refractivity contribution is -0.113. The first-order chi connectivity index (χ1) is 14.4. The van der Waals surface area contributed by atoms with Crippen LogP contribution in [0, 0.1) is 0 Å². The molecule has 0 radical (unpaired) electrons. The minimum Gasteiger partial charge on any atom is -0.481 e. The molecule has 1 atom stereocenters. The summed E-state index contributed by atoms with van der Waals surface area (Å²) >= 11 is 16.8. The molecule has 0 aliphatic heterocycles. The molecular formula is C19H18BrCl2N5O2S. The second-order valence-corrected chi connectivity index (χ2v) is 8.82. The fourth-order valence-corrected chi connectivity index (χ4v) is 3.94. The predicted octanol–water partition coefficient (Wildman–Crippen LogP) is 5.63. The van der Waals surface area contributed by atoms with Crippen LogP contribution >= 0.6 is 50.9 Å². The molecular weight excluding hydrogens is 513 g/mol. The van der Waals surface area contributed by atoms with Gasteiger partial charge >= 0.3 is 0 Å². The van der Waals surface area contributed by atoms with Gasteiger partial charge in [0.1, 0.15) is 11.6 Å². The standard InChI is InChI=1S/C19H18BrCl2N5O2S/c1-3-27-18(11(2)29-15-8-13(21)5-6-14(15)22)25-26-19(27)30-10-17(28)24-16-7-4-12(20)9-23-16/h4-9,11H,3,10H2,1-2H3,(H,23,24,28). The van der Waals surface area contributed by atoms with Crippen LogP contribution in [0.2, 0.25) is 10.0 Å². The Balaban J connectivity index is 1.65. The molecule has 0 aliphatic carbocycles. The number of aromatic nitrogens is 4. The van der Waals surface area contributed by atoms with Gasteiger partial charge in [0.25, 0.3) is 0 Å². The molecule has 3 rings (SSSR count). The Hall–Kier alpha value is -1.81. The highest BCUT2D eigenvalue weighted by molar-refractivity contribution is 9.10. The summed E-state index contributed by atoms with van der Waals surface area (Å²) in [5.74, 6) is 1.58. The third-order valence-corrected chi connectivity index (χ3v) is 5.93. The number of halogens is 3. The molecule has 0 fully saturated rings. The van der Waals surface area contributed by atoms with E-state index in [0.29, 0.717) is 39.1 Å². The number of carbonyl (C=O) groups is 1. The Kier molecular flexibility index (Phi) is 7.99. The van der Waals surface area contributed by atoms with Crippen molar-refractivity contribution in [2.75, 3.05) is 11.1 Å². The van der Waals surface area contributed by atoms with Crippen LogP contribution < -0.4 is 10.1 Å². The highest BCUT2D eigenvalue weighted by Gasteiger charge is 2.20. The number of nitrogens with one attached hydrogen (secondary N) is 1. The van der Waals surface area contributed by atoms with Crippen molar-refractivity contribution in [3.63, 3.8) is 0 Å². The van der Waals surface area contributed by atoms with Gasteiger partial charge in [0.05, 0.1) is 10.8 Å². The molecule has 0 saturated heterocycles. The summed E-state index contributed by atoms with van der Waals surface area (Å²) in [6.45, 7) is 4.45. The minimum atomic E-state index is -0.413. The second kappa shape index (κ2) is 10.5. The number of thioether (sulfide) groups is 1. The van der Waals surface area contributed by atoms with Gasteiger partial charge in [0.15, 0.2) is 17.1 Å². The molecule has 11 heteroatoms. The number of nitrogens with zero attached hydrogens (tertiary/aromatic N) is 4. The maximum absolute atomic E-state index is 12.2. The average molecular weight is 531 g/mol. The summed E-state index contributed by atoms with van der Waals surface area (Å²) < 4.78 is 8.68. The molecule has 30 heavy (non-hydrogen) atoms. The van der Waals surface area contributed by atoms with E-state index in [4.69, 9.17) is 27.9 Å². The third-order valence-electron chi connectivity index (χ3n) is 3.95. The van der Waals surface area contributed by atoms with Crippen LogP contribution in [0.5, 0.6) is 5.75 Å². The first kappa shape index (κ1) is 22.9. The Morgan fingerprint density at radius 3 is 2.80 bits per heavy atom. The molecule has 1 aromatic carbocycles. The van der Waals surface area contributed by atoms with Crippen molar-refractivity contribution in [1.82, 2.24) is 19.7 Å². The van der Waals surface area contributed by atoms with Crippen LogP contribution in [-0.2, 0) is 11.3 Å². The van der Waals surface area contributed by atoms with E-state index in [1.165, 1.54) is 11.8 Å². The van der Waals surface area contributed by atoms with E-state index in [2.05, 4.69) is 36.4 Å². The first-order valence-electron chi connectivity index (χ1n) is 8.96. The van der Waals surface area contributed by atoms with E-state index in [1.54, 1.807) is 30.5 Å². The van der Waals surface area contributed by atoms with Crippen LogP contribution in [0.15, 0.2) is 46.2 Å². The van der Waals surface area contributed by atoms with Crippen molar-refractivity contribution in [2.24, 2.45) is 0 Å². The van der Waals surface area contributed by atoms with Gasteiger partial charge in [-0.05, 0) is 54.0 Å². The van der Waals surface area contributed by atoms with Crippen molar-refractivity contribution < 1.29 is 9.53 Å². The SMILES string of the molecule is CCn1c(SCC(=O)Nc2ccc(Br)cn2)nnc1C(C)Oc1cc(Cl)ccc1Cl.